The first-order valence-electron chi connectivity index (χ1n) is 9.58. The van der Waals surface area contributed by atoms with Crippen molar-refractivity contribution in [2.24, 2.45) is 0 Å². The van der Waals surface area contributed by atoms with Crippen molar-refractivity contribution in [2.75, 3.05) is 11.4 Å². The van der Waals surface area contributed by atoms with Crippen molar-refractivity contribution in [2.45, 2.75) is 26.3 Å². The average molecular weight is 387 g/mol. The molecule has 3 aromatic rings. The number of benzene rings is 1. The molecule has 0 aliphatic carbocycles. The molecule has 0 unspecified atom stereocenters. The maximum atomic E-state index is 12.3. The third-order valence-corrected chi connectivity index (χ3v) is 4.93. The van der Waals surface area contributed by atoms with Crippen molar-refractivity contribution >= 4 is 17.5 Å². The topological polar surface area (TPSA) is 88.1 Å². The van der Waals surface area contributed by atoms with Crippen molar-refractivity contribution in [3.05, 3.63) is 71.8 Å². The quantitative estimate of drug-likeness (QED) is 0.727. The number of fused-ring (bicyclic) bond motifs is 1. The van der Waals surface area contributed by atoms with E-state index in [2.05, 4.69) is 20.3 Å². The van der Waals surface area contributed by atoms with Gasteiger partial charge in [0.05, 0.1) is 5.56 Å². The van der Waals surface area contributed by atoms with Gasteiger partial charge in [0.2, 0.25) is 5.91 Å². The largest absolute Gasteiger partial charge is 0.348 e. The number of aromatic nitrogens is 3. The molecule has 1 aliphatic rings. The molecule has 7 heteroatoms. The van der Waals surface area contributed by atoms with E-state index in [9.17, 15) is 9.59 Å². The second-order valence-electron chi connectivity index (χ2n) is 6.83. The van der Waals surface area contributed by atoms with E-state index >= 15 is 0 Å². The highest BCUT2D eigenvalue weighted by Gasteiger charge is 2.24. The third-order valence-electron chi connectivity index (χ3n) is 4.93. The van der Waals surface area contributed by atoms with E-state index in [-0.39, 0.29) is 11.8 Å². The van der Waals surface area contributed by atoms with Crippen LogP contribution in [-0.2, 0) is 17.8 Å². The van der Waals surface area contributed by atoms with E-state index in [4.69, 9.17) is 0 Å². The molecule has 0 atom stereocenters. The van der Waals surface area contributed by atoms with Crippen LogP contribution in [0.3, 0.4) is 0 Å². The molecule has 1 N–H and O–H groups in total. The molecule has 1 aliphatic heterocycles. The van der Waals surface area contributed by atoms with Crippen molar-refractivity contribution in [1.82, 2.24) is 20.3 Å². The predicted molar refractivity (Wildman–Crippen MR) is 109 cm³/mol. The van der Waals surface area contributed by atoms with Gasteiger partial charge in [0.25, 0.3) is 5.91 Å². The van der Waals surface area contributed by atoms with Crippen LogP contribution in [0.2, 0.25) is 0 Å². The zero-order valence-corrected chi connectivity index (χ0v) is 16.1. The zero-order chi connectivity index (χ0) is 20.2. The standard InChI is InChI=1S/C22H21N5O2/c1-2-20(28)27-9-7-16-10-17(5-6-19(16)27)21-24-13-18(14-25-21)22(29)26-12-15-4-3-8-23-11-15/h3-6,8,10-11,13-14H,2,7,9,12H2,1H3,(H,26,29). The van der Waals surface area contributed by atoms with Gasteiger partial charge < -0.3 is 10.2 Å². The molecule has 7 nitrogen and oxygen atoms in total. The summed E-state index contributed by atoms with van der Waals surface area (Å²) < 4.78 is 0. The highest BCUT2D eigenvalue weighted by Crippen LogP contribution is 2.31. The van der Waals surface area contributed by atoms with Crippen LogP contribution in [0, 0.1) is 0 Å². The van der Waals surface area contributed by atoms with Gasteiger partial charge in [0.15, 0.2) is 5.82 Å². The Kier molecular flexibility index (Phi) is 5.29. The number of nitrogens with one attached hydrogen (secondary N) is 1. The van der Waals surface area contributed by atoms with Gasteiger partial charge in [0, 0.05) is 55.5 Å². The number of amides is 2. The fourth-order valence-corrected chi connectivity index (χ4v) is 3.37. The van der Waals surface area contributed by atoms with Crippen LogP contribution in [-0.4, -0.2) is 33.3 Å². The Morgan fingerprint density at radius 1 is 1.14 bits per heavy atom. The van der Waals surface area contributed by atoms with Gasteiger partial charge >= 0.3 is 0 Å². The Morgan fingerprint density at radius 2 is 1.97 bits per heavy atom. The van der Waals surface area contributed by atoms with Crippen molar-refractivity contribution < 1.29 is 9.59 Å². The summed E-state index contributed by atoms with van der Waals surface area (Å²) in [5.41, 5.74) is 4.28. The van der Waals surface area contributed by atoms with Crippen LogP contribution in [0.5, 0.6) is 0 Å². The maximum Gasteiger partial charge on any atom is 0.254 e. The van der Waals surface area contributed by atoms with E-state index in [0.717, 1.165) is 28.8 Å². The van der Waals surface area contributed by atoms with Crippen LogP contribution < -0.4 is 10.2 Å². The lowest BCUT2D eigenvalue weighted by molar-refractivity contribution is -0.118. The Balaban J connectivity index is 1.45. The van der Waals surface area contributed by atoms with Gasteiger partial charge in [-0.25, -0.2) is 9.97 Å². The molecule has 29 heavy (non-hydrogen) atoms. The van der Waals surface area contributed by atoms with Crippen molar-refractivity contribution in [3.8, 4) is 11.4 Å². The second kappa shape index (κ2) is 8.18. The Morgan fingerprint density at radius 3 is 2.69 bits per heavy atom. The fraction of sp³-hybridized carbons (Fsp3) is 0.227. The number of carbonyl (C=O) groups is 2. The Bertz CT molecular complexity index is 1030. The summed E-state index contributed by atoms with van der Waals surface area (Å²) in [6, 6.07) is 9.61. The molecule has 0 spiro atoms. The molecule has 3 heterocycles. The van der Waals surface area contributed by atoms with E-state index in [1.165, 1.54) is 12.4 Å². The molecule has 0 fully saturated rings. The minimum atomic E-state index is -0.233. The predicted octanol–water partition coefficient (Wildman–Crippen LogP) is 2.77. The van der Waals surface area contributed by atoms with E-state index in [0.29, 0.717) is 30.9 Å². The molecular formula is C22H21N5O2. The number of hydrogen-bond donors (Lipinski definition) is 1. The molecule has 0 bridgehead atoms. The summed E-state index contributed by atoms with van der Waals surface area (Å²) in [6.45, 7) is 2.98. The summed E-state index contributed by atoms with van der Waals surface area (Å²) in [5, 5.41) is 2.83. The van der Waals surface area contributed by atoms with Gasteiger partial charge in [-0.1, -0.05) is 13.0 Å². The minimum Gasteiger partial charge on any atom is -0.348 e. The highest BCUT2D eigenvalue weighted by atomic mass is 16.2. The molecule has 4 rings (SSSR count). The lowest BCUT2D eigenvalue weighted by Crippen LogP contribution is -2.27. The molecule has 1 aromatic carbocycles. The van der Waals surface area contributed by atoms with E-state index in [1.54, 1.807) is 12.4 Å². The van der Waals surface area contributed by atoms with Crippen LogP contribution >= 0.6 is 0 Å². The van der Waals surface area contributed by atoms with Crippen LogP contribution in [0.1, 0.15) is 34.8 Å². The Labute approximate surface area is 168 Å². The normalized spacial score (nSPS) is 12.5. The van der Waals surface area contributed by atoms with E-state index in [1.807, 2.05) is 42.2 Å². The van der Waals surface area contributed by atoms with E-state index < -0.39 is 0 Å². The number of pyridine rings is 1. The fourth-order valence-electron chi connectivity index (χ4n) is 3.37. The molecule has 0 saturated carbocycles. The van der Waals surface area contributed by atoms with Crippen molar-refractivity contribution in [1.29, 1.82) is 0 Å². The monoisotopic (exact) mass is 387 g/mol. The highest BCUT2D eigenvalue weighted by molar-refractivity contribution is 5.96. The molecule has 146 valence electrons. The summed E-state index contributed by atoms with van der Waals surface area (Å²) in [4.78, 5) is 38.9. The summed E-state index contributed by atoms with van der Waals surface area (Å²) in [5.74, 6) is 0.453. The second-order valence-corrected chi connectivity index (χ2v) is 6.83. The molecule has 0 saturated heterocycles. The van der Waals surface area contributed by atoms with Gasteiger partial charge in [-0.2, -0.15) is 0 Å². The van der Waals surface area contributed by atoms with Gasteiger partial charge in [0.1, 0.15) is 0 Å². The Hall–Kier alpha value is -3.61. The molecular weight excluding hydrogens is 366 g/mol. The SMILES string of the molecule is CCC(=O)N1CCc2cc(-c3ncc(C(=O)NCc4cccnc4)cn3)ccc21. The summed E-state index contributed by atoms with van der Waals surface area (Å²) >= 11 is 0. The maximum absolute atomic E-state index is 12.3. The van der Waals surface area contributed by atoms with Crippen LogP contribution in [0.15, 0.2) is 55.1 Å². The molecule has 0 radical (unpaired) electrons. The number of hydrogen-bond acceptors (Lipinski definition) is 5. The first-order chi connectivity index (χ1) is 14.2. The minimum absolute atomic E-state index is 0.134. The lowest BCUT2D eigenvalue weighted by Gasteiger charge is -2.16. The number of nitrogens with zero attached hydrogens (tertiary/aromatic N) is 4. The lowest BCUT2D eigenvalue weighted by atomic mass is 10.1. The number of rotatable bonds is 5. The summed E-state index contributed by atoms with van der Waals surface area (Å²) in [7, 11) is 0. The average Bonchev–Trinajstić information content (AvgIpc) is 3.21. The third kappa shape index (κ3) is 3.99. The summed E-state index contributed by atoms with van der Waals surface area (Å²) in [6.07, 6.45) is 7.78. The first kappa shape index (κ1) is 18.7. The smallest absolute Gasteiger partial charge is 0.254 e. The number of anilines is 1. The van der Waals surface area contributed by atoms with Crippen molar-refractivity contribution in [3.63, 3.8) is 0 Å². The molecule has 2 amide bonds. The van der Waals surface area contributed by atoms with Crippen LogP contribution in [0.25, 0.3) is 11.4 Å². The van der Waals surface area contributed by atoms with Gasteiger partial charge in [-0.15, -0.1) is 0 Å². The van der Waals surface area contributed by atoms with Crippen LogP contribution in [0.4, 0.5) is 5.69 Å². The molecule has 2 aromatic heterocycles. The van der Waals surface area contributed by atoms with Gasteiger partial charge in [-0.05, 0) is 41.8 Å². The first-order valence-corrected chi connectivity index (χ1v) is 9.58. The number of carbonyl (C=O) groups excluding carboxylic acids is 2. The van der Waals surface area contributed by atoms with Gasteiger partial charge in [-0.3, -0.25) is 14.6 Å². The zero-order valence-electron chi connectivity index (χ0n) is 16.1.